The maximum absolute atomic E-state index is 13.3. The minimum Gasteiger partial charge on any atom is -0.369 e. The van der Waals surface area contributed by atoms with Crippen LogP contribution in [0.25, 0.3) is 0 Å². The molecule has 0 aromatic heterocycles. The number of rotatable bonds is 5. The number of aliphatic hydroxyl groups is 1. The van der Waals surface area contributed by atoms with Gasteiger partial charge in [-0.3, -0.25) is 4.72 Å². The lowest BCUT2D eigenvalue weighted by atomic mass is 9.85. The first-order valence-corrected chi connectivity index (χ1v) is 12.0. The molecular formula is C28H22FNO3S. The molecular weight excluding hydrogens is 449 g/mol. The van der Waals surface area contributed by atoms with Crippen molar-refractivity contribution in [2.45, 2.75) is 17.4 Å². The van der Waals surface area contributed by atoms with Gasteiger partial charge >= 0.3 is 0 Å². The number of aryl methyl sites for hydroxylation is 1. The third-order valence-corrected chi connectivity index (χ3v) is 6.70. The highest BCUT2D eigenvalue weighted by atomic mass is 32.2. The van der Waals surface area contributed by atoms with E-state index in [-0.39, 0.29) is 22.0 Å². The molecule has 0 fully saturated rings. The summed E-state index contributed by atoms with van der Waals surface area (Å²) in [6.07, 6.45) is 0. The lowest BCUT2D eigenvalue weighted by Gasteiger charge is -2.26. The lowest BCUT2D eigenvalue weighted by molar-refractivity contribution is 0.146. The smallest absolute Gasteiger partial charge is 0.261 e. The molecule has 0 aliphatic rings. The molecule has 0 spiro atoms. The fraction of sp³-hybridized carbons (Fsp3) is 0.0714. The third kappa shape index (κ3) is 5.01. The van der Waals surface area contributed by atoms with Gasteiger partial charge in [0.05, 0.1) is 10.6 Å². The van der Waals surface area contributed by atoms with Crippen LogP contribution in [-0.2, 0) is 15.6 Å². The van der Waals surface area contributed by atoms with Crippen molar-refractivity contribution < 1.29 is 17.9 Å². The number of anilines is 1. The molecule has 2 N–H and O–H groups in total. The van der Waals surface area contributed by atoms with Crippen molar-refractivity contribution in [2.24, 2.45) is 0 Å². The Hall–Kier alpha value is -3.92. The van der Waals surface area contributed by atoms with Crippen LogP contribution in [0.5, 0.6) is 0 Å². The molecule has 6 heteroatoms. The van der Waals surface area contributed by atoms with Crippen LogP contribution in [0.15, 0.2) is 108 Å². The zero-order valence-electron chi connectivity index (χ0n) is 18.4. The van der Waals surface area contributed by atoms with Gasteiger partial charge in [0.25, 0.3) is 10.0 Å². The Bertz CT molecular complexity index is 1460. The molecule has 0 aliphatic carbocycles. The molecule has 0 saturated carbocycles. The third-order valence-electron chi connectivity index (χ3n) is 5.32. The molecule has 4 aromatic rings. The van der Waals surface area contributed by atoms with Crippen LogP contribution in [0.4, 0.5) is 10.1 Å². The Labute approximate surface area is 198 Å². The van der Waals surface area contributed by atoms with E-state index in [0.29, 0.717) is 11.1 Å². The molecule has 4 aromatic carbocycles. The molecule has 0 radical (unpaired) electrons. The predicted octanol–water partition coefficient (Wildman–Crippen LogP) is 5.22. The van der Waals surface area contributed by atoms with Crippen LogP contribution >= 0.6 is 0 Å². The van der Waals surface area contributed by atoms with Gasteiger partial charge in [0, 0.05) is 16.7 Å². The van der Waals surface area contributed by atoms with E-state index in [9.17, 15) is 17.9 Å². The summed E-state index contributed by atoms with van der Waals surface area (Å²) in [6.45, 7) is 1.87. The van der Waals surface area contributed by atoms with E-state index in [1.807, 2.05) is 13.0 Å². The highest BCUT2D eigenvalue weighted by molar-refractivity contribution is 7.92. The molecule has 1 atom stereocenters. The second-order valence-corrected chi connectivity index (χ2v) is 9.48. The molecule has 4 nitrogen and oxygen atoms in total. The molecule has 0 aliphatic heterocycles. The first-order chi connectivity index (χ1) is 16.3. The SMILES string of the molecule is Cc1ccc(S(=O)(=O)Nc2ccccc2C(O)(C#Cc2ccc(F)cc2)c2ccccc2)cc1. The minimum atomic E-state index is -3.92. The Kier molecular flexibility index (Phi) is 6.51. The van der Waals surface area contributed by atoms with Gasteiger partial charge < -0.3 is 5.11 Å². The molecule has 0 heterocycles. The number of halogens is 1. The molecule has 4 rings (SSSR count). The summed E-state index contributed by atoms with van der Waals surface area (Å²) in [5, 5.41) is 11.9. The summed E-state index contributed by atoms with van der Waals surface area (Å²) in [5.74, 6) is 5.39. The number of benzene rings is 4. The second-order valence-electron chi connectivity index (χ2n) is 7.80. The Balaban J connectivity index is 1.82. The lowest BCUT2D eigenvalue weighted by Crippen LogP contribution is -2.27. The molecule has 0 amide bonds. The van der Waals surface area contributed by atoms with Crippen molar-refractivity contribution in [1.29, 1.82) is 0 Å². The quantitative estimate of drug-likeness (QED) is 0.392. The van der Waals surface area contributed by atoms with Crippen molar-refractivity contribution in [3.05, 3.63) is 131 Å². The van der Waals surface area contributed by atoms with E-state index in [1.54, 1.807) is 60.7 Å². The van der Waals surface area contributed by atoms with Crippen LogP contribution in [-0.4, -0.2) is 13.5 Å². The molecule has 170 valence electrons. The summed E-state index contributed by atoms with van der Waals surface area (Å²) in [4.78, 5) is 0.105. The minimum absolute atomic E-state index is 0.105. The average molecular weight is 472 g/mol. The van der Waals surface area contributed by atoms with Crippen LogP contribution in [0, 0.1) is 24.6 Å². The number of hydrogen-bond acceptors (Lipinski definition) is 3. The topological polar surface area (TPSA) is 66.4 Å². The fourth-order valence-electron chi connectivity index (χ4n) is 3.48. The zero-order chi connectivity index (χ0) is 24.2. The van der Waals surface area contributed by atoms with E-state index in [4.69, 9.17) is 0 Å². The van der Waals surface area contributed by atoms with E-state index >= 15 is 0 Å². The number of nitrogens with one attached hydrogen (secondary N) is 1. The highest BCUT2D eigenvalue weighted by Gasteiger charge is 2.33. The number of para-hydroxylation sites is 1. The number of sulfonamides is 1. The zero-order valence-corrected chi connectivity index (χ0v) is 19.2. The van der Waals surface area contributed by atoms with E-state index < -0.39 is 15.6 Å². The molecule has 34 heavy (non-hydrogen) atoms. The molecule has 0 saturated heterocycles. The Morgan fingerprint density at radius 2 is 1.44 bits per heavy atom. The van der Waals surface area contributed by atoms with Crippen molar-refractivity contribution in [3.63, 3.8) is 0 Å². The van der Waals surface area contributed by atoms with Gasteiger partial charge in [-0.15, -0.1) is 0 Å². The van der Waals surface area contributed by atoms with E-state index in [2.05, 4.69) is 16.6 Å². The maximum atomic E-state index is 13.3. The van der Waals surface area contributed by atoms with Crippen molar-refractivity contribution in [2.75, 3.05) is 4.72 Å². The summed E-state index contributed by atoms with van der Waals surface area (Å²) in [7, 11) is -3.92. The largest absolute Gasteiger partial charge is 0.369 e. The Morgan fingerprint density at radius 1 is 0.824 bits per heavy atom. The average Bonchev–Trinajstić information content (AvgIpc) is 2.84. The highest BCUT2D eigenvalue weighted by Crippen LogP contribution is 2.35. The van der Waals surface area contributed by atoms with Crippen molar-refractivity contribution in [1.82, 2.24) is 0 Å². The van der Waals surface area contributed by atoms with Crippen molar-refractivity contribution >= 4 is 15.7 Å². The number of hydrogen-bond donors (Lipinski definition) is 2. The standard InChI is InChI=1S/C28H22FNO3S/c1-21-11-17-25(18-12-21)34(32,33)30-27-10-6-5-9-26(27)28(31,23-7-3-2-4-8-23)20-19-22-13-15-24(29)16-14-22/h2-18,30-31H,1H3. The molecule has 1 unspecified atom stereocenters. The van der Waals surface area contributed by atoms with Crippen molar-refractivity contribution in [3.8, 4) is 11.8 Å². The van der Waals surface area contributed by atoms with Gasteiger partial charge in [0.2, 0.25) is 0 Å². The monoisotopic (exact) mass is 471 g/mol. The van der Waals surface area contributed by atoms with Crippen LogP contribution in [0.1, 0.15) is 22.3 Å². The fourth-order valence-corrected chi connectivity index (χ4v) is 4.56. The second kappa shape index (κ2) is 9.52. The van der Waals surface area contributed by atoms with E-state index in [1.165, 1.54) is 36.4 Å². The maximum Gasteiger partial charge on any atom is 0.261 e. The van der Waals surface area contributed by atoms with Crippen LogP contribution in [0.2, 0.25) is 0 Å². The van der Waals surface area contributed by atoms with Gasteiger partial charge in [0.1, 0.15) is 5.82 Å². The summed E-state index contributed by atoms with van der Waals surface area (Å²) < 4.78 is 42.1. The van der Waals surface area contributed by atoms with Gasteiger partial charge in [-0.25, -0.2) is 12.8 Å². The summed E-state index contributed by atoms with van der Waals surface area (Å²) in [5.41, 5.74) is 0.533. The van der Waals surface area contributed by atoms with Crippen LogP contribution in [0.3, 0.4) is 0 Å². The predicted molar refractivity (Wildman–Crippen MR) is 131 cm³/mol. The van der Waals surface area contributed by atoms with Gasteiger partial charge in [0.15, 0.2) is 5.60 Å². The van der Waals surface area contributed by atoms with Gasteiger partial charge in [-0.1, -0.05) is 78.1 Å². The summed E-state index contributed by atoms with van der Waals surface area (Å²) >= 11 is 0. The normalized spacial score (nSPS) is 12.8. The Morgan fingerprint density at radius 3 is 2.12 bits per heavy atom. The summed E-state index contributed by atoms with van der Waals surface area (Å²) in [6, 6.07) is 27.4. The van der Waals surface area contributed by atoms with Crippen LogP contribution < -0.4 is 4.72 Å². The first-order valence-electron chi connectivity index (χ1n) is 10.5. The molecule has 0 bridgehead atoms. The van der Waals surface area contributed by atoms with Gasteiger partial charge in [-0.05, 0) is 49.4 Å². The van der Waals surface area contributed by atoms with Gasteiger partial charge in [-0.2, -0.15) is 0 Å². The van der Waals surface area contributed by atoms with E-state index in [0.717, 1.165) is 5.56 Å². The first kappa shape index (κ1) is 23.2.